The van der Waals surface area contributed by atoms with Gasteiger partial charge in [-0.05, 0) is 0 Å². The minimum Gasteiger partial charge on any atom is -0.469 e. The second kappa shape index (κ2) is 4.88. The van der Waals surface area contributed by atoms with Crippen LogP contribution in [0.4, 0.5) is 0 Å². The second-order valence-electron chi connectivity index (χ2n) is 2.63. The molecule has 0 unspecified atom stereocenters. The number of H-pyrrole nitrogens is 1. The fraction of sp³-hybridized carbons (Fsp3) is 0.250. The molecule has 0 aliphatic rings. The van der Waals surface area contributed by atoms with Crippen molar-refractivity contribution in [2.75, 3.05) is 7.11 Å². The minimum atomic E-state index is -0.593. The van der Waals surface area contributed by atoms with Gasteiger partial charge < -0.3 is 9.72 Å². The maximum Gasteiger partial charge on any atom is 0.310 e. The van der Waals surface area contributed by atoms with E-state index in [1.165, 1.54) is 7.11 Å². The molecular formula is C8H6Cl3NO3. The standard InChI is InChI=1S/C8H6Cl3NO3/c1-15-4(13)2-3-5(9)7(11)12-8(14)6(3)10/h2H2,1H3,(H,12,14). The van der Waals surface area contributed by atoms with Gasteiger partial charge in [-0.3, -0.25) is 9.59 Å². The monoisotopic (exact) mass is 269 g/mol. The molecule has 1 rings (SSSR count). The van der Waals surface area contributed by atoms with Crippen LogP contribution in [0.25, 0.3) is 0 Å². The highest BCUT2D eigenvalue weighted by Gasteiger charge is 2.16. The van der Waals surface area contributed by atoms with Crippen LogP contribution in [0.5, 0.6) is 0 Å². The molecule has 4 nitrogen and oxygen atoms in total. The molecule has 0 fully saturated rings. The summed E-state index contributed by atoms with van der Waals surface area (Å²) >= 11 is 17.1. The van der Waals surface area contributed by atoms with Crippen molar-refractivity contribution in [3.05, 3.63) is 31.1 Å². The lowest BCUT2D eigenvalue weighted by Crippen LogP contribution is -2.14. The molecule has 1 aromatic rings. The van der Waals surface area contributed by atoms with E-state index in [2.05, 4.69) is 9.72 Å². The Balaban J connectivity index is 3.27. The predicted molar refractivity (Wildman–Crippen MR) is 57.8 cm³/mol. The molecule has 0 bridgehead atoms. The third kappa shape index (κ3) is 2.65. The smallest absolute Gasteiger partial charge is 0.310 e. The number of nitrogens with one attached hydrogen (secondary N) is 1. The fourth-order valence-electron chi connectivity index (χ4n) is 0.947. The van der Waals surface area contributed by atoms with Gasteiger partial charge in [0, 0.05) is 5.56 Å². The molecule has 0 radical (unpaired) electrons. The lowest BCUT2D eigenvalue weighted by Gasteiger charge is -2.06. The molecule has 7 heteroatoms. The van der Waals surface area contributed by atoms with Gasteiger partial charge in [-0.1, -0.05) is 34.8 Å². The molecule has 0 aliphatic carbocycles. The summed E-state index contributed by atoms with van der Waals surface area (Å²) in [5.74, 6) is -0.555. The molecule has 0 aliphatic heterocycles. The highest BCUT2D eigenvalue weighted by Crippen LogP contribution is 2.27. The summed E-state index contributed by atoms with van der Waals surface area (Å²) in [5.41, 5.74) is -0.427. The van der Waals surface area contributed by atoms with Crippen LogP contribution < -0.4 is 5.56 Å². The van der Waals surface area contributed by atoms with Gasteiger partial charge in [0.25, 0.3) is 5.56 Å². The van der Waals surface area contributed by atoms with Crippen LogP contribution in [0.2, 0.25) is 15.2 Å². The second-order valence-corrected chi connectivity index (χ2v) is 3.76. The Morgan fingerprint density at radius 1 is 1.33 bits per heavy atom. The van der Waals surface area contributed by atoms with Gasteiger partial charge in [0.1, 0.15) is 10.2 Å². The number of halogens is 3. The highest BCUT2D eigenvalue weighted by molar-refractivity contribution is 6.43. The van der Waals surface area contributed by atoms with Crippen LogP contribution in [-0.4, -0.2) is 18.1 Å². The van der Waals surface area contributed by atoms with E-state index in [4.69, 9.17) is 34.8 Å². The summed E-state index contributed by atoms with van der Waals surface area (Å²) in [5, 5.41) is -0.161. The molecule has 0 aromatic carbocycles. The number of esters is 1. The molecular weight excluding hydrogens is 264 g/mol. The third-order valence-electron chi connectivity index (χ3n) is 1.69. The Bertz CT molecular complexity index is 455. The van der Waals surface area contributed by atoms with Crippen LogP contribution >= 0.6 is 34.8 Å². The summed E-state index contributed by atoms with van der Waals surface area (Å²) in [6, 6.07) is 0. The first-order valence-corrected chi connectivity index (χ1v) is 4.93. The Morgan fingerprint density at radius 3 is 2.47 bits per heavy atom. The molecule has 0 spiro atoms. The highest BCUT2D eigenvalue weighted by atomic mass is 35.5. The summed E-state index contributed by atoms with van der Waals surface area (Å²) in [6.07, 6.45) is -0.197. The van der Waals surface area contributed by atoms with Crippen molar-refractivity contribution in [1.29, 1.82) is 0 Å². The fourth-order valence-corrected chi connectivity index (χ4v) is 1.61. The van der Waals surface area contributed by atoms with Crippen molar-refractivity contribution in [2.24, 2.45) is 0 Å². The van der Waals surface area contributed by atoms with Gasteiger partial charge in [-0.15, -0.1) is 0 Å². The zero-order valence-corrected chi connectivity index (χ0v) is 9.83. The van der Waals surface area contributed by atoms with Crippen LogP contribution in [0.3, 0.4) is 0 Å². The number of pyridine rings is 1. The van der Waals surface area contributed by atoms with Crippen molar-refractivity contribution in [3.8, 4) is 0 Å². The van der Waals surface area contributed by atoms with E-state index in [1.54, 1.807) is 0 Å². The van der Waals surface area contributed by atoms with Crippen molar-refractivity contribution in [2.45, 2.75) is 6.42 Å². The maximum atomic E-state index is 11.2. The largest absolute Gasteiger partial charge is 0.469 e. The molecule has 82 valence electrons. The van der Waals surface area contributed by atoms with Crippen LogP contribution in [-0.2, 0) is 16.0 Å². The predicted octanol–water partition coefficient (Wildman–Crippen LogP) is 2.05. The van der Waals surface area contributed by atoms with E-state index >= 15 is 0 Å². The first-order chi connectivity index (χ1) is 6.97. The quantitative estimate of drug-likeness (QED) is 0.661. The van der Waals surface area contributed by atoms with Crippen molar-refractivity contribution in [3.63, 3.8) is 0 Å². The molecule has 0 saturated heterocycles. The van der Waals surface area contributed by atoms with Crippen LogP contribution in [0.15, 0.2) is 4.79 Å². The van der Waals surface area contributed by atoms with Gasteiger partial charge in [0.2, 0.25) is 0 Å². The summed E-state index contributed by atoms with van der Waals surface area (Å²) in [6.45, 7) is 0. The third-order valence-corrected chi connectivity index (χ3v) is 2.89. The van der Waals surface area contributed by atoms with Crippen molar-refractivity contribution in [1.82, 2.24) is 4.98 Å². The zero-order chi connectivity index (χ0) is 11.6. The van der Waals surface area contributed by atoms with E-state index < -0.39 is 11.5 Å². The van der Waals surface area contributed by atoms with Crippen molar-refractivity contribution < 1.29 is 9.53 Å². The molecule has 0 amide bonds. The summed E-state index contributed by atoms with van der Waals surface area (Å²) in [7, 11) is 1.22. The minimum absolute atomic E-state index is 0.0478. The Morgan fingerprint density at radius 2 is 1.93 bits per heavy atom. The van der Waals surface area contributed by atoms with Gasteiger partial charge in [0.15, 0.2) is 0 Å². The van der Waals surface area contributed by atoms with Gasteiger partial charge in [-0.25, -0.2) is 0 Å². The van der Waals surface area contributed by atoms with E-state index in [0.29, 0.717) is 0 Å². The number of aromatic nitrogens is 1. The lowest BCUT2D eigenvalue weighted by atomic mass is 10.2. The van der Waals surface area contributed by atoms with Crippen LogP contribution in [0, 0.1) is 0 Å². The van der Waals surface area contributed by atoms with E-state index in [1.807, 2.05) is 0 Å². The summed E-state index contributed by atoms with van der Waals surface area (Å²) in [4.78, 5) is 24.4. The summed E-state index contributed by atoms with van der Waals surface area (Å²) < 4.78 is 4.43. The number of ether oxygens (including phenoxy) is 1. The van der Waals surface area contributed by atoms with Gasteiger partial charge >= 0.3 is 5.97 Å². The molecule has 15 heavy (non-hydrogen) atoms. The topological polar surface area (TPSA) is 59.2 Å². The first kappa shape index (κ1) is 12.4. The first-order valence-electron chi connectivity index (χ1n) is 3.79. The molecule has 1 heterocycles. The number of aromatic amines is 1. The number of carbonyl (C=O) groups is 1. The number of methoxy groups -OCH3 is 1. The maximum absolute atomic E-state index is 11.2. The van der Waals surface area contributed by atoms with E-state index in [0.717, 1.165) is 0 Å². The van der Waals surface area contributed by atoms with Gasteiger partial charge in [-0.2, -0.15) is 0 Å². The number of carbonyl (C=O) groups excluding carboxylic acids is 1. The Kier molecular flexibility index (Phi) is 4.02. The van der Waals surface area contributed by atoms with Crippen molar-refractivity contribution >= 4 is 40.8 Å². The number of hydrogen-bond donors (Lipinski definition) is 1. The van der Waals surface area contributed by atoms with Gasteiger partial charge in [0.05, 0.1) is 18.6 Å². The molecule has 0 saturated carbocycles. The Labute approximate surface area is 100 Å². The Hall–Kier alpha value is -0.710. The number of hydrogen-bond acceptors (Lipinski definition) is 3. The lowest BCUT2D eigenvalue weighted by molar-refractivity contribution is -0.139. The van der Waals surface area contributed by atoms with Crippen LogP contribution in [0.1, 0.15) is 5.56 Å². The molecule has 1 N–H and O–H groups in total. The molecule has 0 atom stereocenters. The average molecular weight is 270 g/mol. The van der Waals surface area contributed by atoms with E-state index in [9.17, 15) is 9.59 Å². The molecule has 1 aromatic heterocycles. The number of rotatable bonds is 2. The SMILES string of the molecule is COC(=O)Cc1c(Cl)c(Cl)[nH]c(=O)c1Cl. The normalized spacial score (nSPS) is 10.1. The average Bonchev–Trinajstić information content (AvgIpc) is 2.21. The van der Waals surface area contributed by atoms with E-state index in [-0.39, 0.29) is 27.2 Å². The zero-order valence-electron chi connectivity index (χ0n) is 7.57.